The van der Waals surface area contributed by atoms with Crippen LogP contribution in [0.3, 0.4) is 0 Å². The van der Waals surface area contributed by atoms with Crippen molar-refractivity contribution >= 4 is 0 Å². The van der Waals surface area contributed by atoms with Crippen LogP contribution in [0.1, 0.15) is 6.42 Å². The molecule has 0 bridgehead atoms. The first-order valence-corrected chi connectivity index (χ1v) is 3.57. The molecule has 1 aliphatic carbocycles. The van der Waals surface area contributed by atoms with Crippen LogP contribution in [0.15, 0.2) is 23.8 Å². The molecule has 1 unspecified atom stereocenters. The Balaban J connectivity index is 2.13. The Bertz CT molecular complexity index is 184. The summed E-state index contributed by atoms with van der Waals surface area (Å²) in [6.45, 7) is 1.34. The van der Waals surface area contributed by atoms with Crippen molar-refractivity contribution in [2.45, 2.75) is 12.5 Å². The Labute approximate surface area is 60.6 Å². The summed E-state index contributed by atoms with van der Waals surface area (Å²) in [5.41, 5.74) is 1.33. The second kappa shape index (κ2) is 2.56. The van der Waals surface area contributed by atoms with Crippen molar-refractivity contribution in [2.24, 2.45) is 0 Å². The summed E-state index contributed by atoms with van der Waals surface area (Å²) in [7, 11) is 0. The van der Waals surface area contributed by atoms with Gasteiger partial charge < -0.3 is 4.74 Å². The van der Waals surface area contributed by atoms with Gasteiger partial charge in [0, 0.05) is 0 Å². The minimum absolute atomic E-state index is 0.336. The van der Waals surface area contributed by atoms with E-state index in [1.807, 2.05) is 0 Å². The lowest BCUT2D eigenvalue weighted by atomic mass is 10.0. The molecule has 0 aromatic carbocycles. The summed E-state index contributed by atoms with van der Waals surface area (Å²) in [6, 6.07) is 0.336. The molecule has 53 valence electrons. The first kappa shape index (κ1) is 6.13. The summed E-state index contributed by atoms with van der Waals surface area (Å²) >= 11 is 0. The maximum absolute atomic E-state index is 5.17. The van der Waals surface area contributed by atoms with E-state index >= 15 is 0 Å². The minimum atomic E-state index is 0.336. The van der Waals surface area contributed by atoms with Crippen LogP contribution in [0, 0.1) is 0 Å². The molecular formula is C8H10NO. The predicted octanol–water partition coefficient (Wildman–Crippen LogP) is 0.833. The molecule has 1 atom stereocenters. The van der Waals surface area contributed by atoms with Crippen LogP contribution in [0.25, 0.3) is 0 Å². The van der Waals surface area contributed by atoms with Gasteiger partial charge in [-0.25, -0.2) is 5.32 Å². The average Bonchev–Trinajstić information content (AvgIpc) is 2.05. The maximum atomic E-state index is 5.17. The summed E-state index contributed by atoms with van der Waals surface area (Å²) in [6.07, 6.45) is 7.55. The molecule has 2 heteroatoms. The topological polar surface area (TPSA) is 23.3 Å². The molecule has 1 fully saturated rings. The average molecular weight is 136 g/mol. The fraction of sp³-hybridized carbons (Fsp3) is 0.500. The molecule has 0 amide bonds. The zero-order valence-corrected chi connectivity index (χ0v) is 5.79. The van der Waals surface area contributed by atoms with Gasteiger partial charge in [0.15, 0.2) is 0 Å². The van der Waals surface area contributed by atoms with Crippen LogP contribution in [0.5, 0.6) is 0 Å². The molecule has 2 nitrogen and oxygen atoms in total. The van der Waals surface area contributed by atoms with Crippen molar-refractivity contribution in [3.05, 3.63) is 23.8 Å². The molecule has 1 radical (unpaired) electrons. The quantitative estimate of drug-likeness (QED) is 0.452. The molecule has 10 heavy (non-hydrogen) atoms. The molecule has 2 rings (SSSR count). The highest BCUT2D eigenvalue weighted by molar-refractivity contribution is 5.25. The standard InChI is InChI=1S/C8H10NO/c1-2-4-8-7(3-1)5-10-6-9-8/h2-4,8H,1,5-6H2. The van der Waals surface area contributed by atoms with E-state index in [1.165, 1.54) is 5.57 Å². The third-order valence-corrected chi connectivity index (χ3v) is 1.85. The van der Waals surface area contributed by atoms with Gasteiger partial charge in [0.25, 0.3) is 0 Å². The predicted molar refractivity (Wildman–Crippen MR) is 38.6 cm³/mol. The lowest BCUT2D eigenvalue weighted by Gasteiger charge is -2.24. The number of allylic oxidation sites excluding steroid dienone is 2. The molecule has 1 saturated heterocycles. The Hall–Kier alpha value is -0.600. The molecular weight excluding hydrogens is 126 g/mol. The Morgan fingerprint density at radius 2 is 2.60 bits per heavy atom. The molecule has 1 heterocycles. The van der Waals surface area contributed by atoms with Crippen molar-refractivity contribution in [3.63, 3.8) is 0 Å². The van der Waals surface area contributed by atoms with E-state index in [-0.39, 0.29) is 0 Å². The van der Waals surface area contributed by atoms with E-state index < -0.39 is 0 Å². The second-order valence-corrected chi connectivity index (χ2v) is 2.55. The van der Waals surface area contributed by atoms with Gasteiger partial charge in [-0.2, -0.15) is 0 Å². The van der Waals surface area contributed by atoms with Gasteiger partial charge >= 0.3 is 0 Å². The van der Waals surface area contributed by atoms with E-state index in [9.17, 15) is 0 Å². The van der Waals surface area contributed by atoms with Crippen molar-refractivity contribution in [1.82, 2.24) is 5.32 Å². The van der Waals surface area contributed by atoms with E-state index in [2.05, 4.69) is 23.5 Å². The number of fused-ring (bicyclic) bond motifs is 1. The van der Waals surface area contributed by atoms with Crippen molar-refractivity contribution in [3.8, 4) is 0 Å². The summed E-state index contributed by atoms with van der Waals surface area (Å²) in [4.78, 5) is 0. The van der Waals surface area contributed by atoms with Crippen LogP contribution in [0.2, 0.25) is 0 Å². The third kappa shape index (κ3) is 1.00. The highest BCUT2D eigenvalue weighted by Crippen LogP contribution is 2.15. The van der Waals surface area contributed by atoms with Crippen LogP contribution < -0.4 is 5.32 Å². The highest BCUT2D eigenvalue weighted by atomic mass is 16.5. The minimum Gasteiger partial charge on any atom is -0.360 e. The van der Waals surface area contributed by atoms with Crippen LogP contribution in [-0.4, -0.2) is 19.4 Å². The molecule has 0 aromatic heterocycles. The monoisotopic (exact) mass is 136 g/mol. The van der Waals surface area contributed by atoms with Gasteiger partial charge in [0.2, 0.25) is 0 Å². The molecule has 0 saturated carbocycles. The fourth-order valence-electron chi connectivity index (χ4n) is 1.29. The molecule has 2 aliphatic rings. The molecule has 0 N–H and O–H groups in total. The second-order valence-electron chi connectivity index (χ2n) is 2.55. The zero-order chi connectivity index (χ0) is 6.81. The number of ether oxygens (including phenoxy) is 1. The molecule has 1 aliphatic heterocycles. The van der Waals surface area contributed by atoms with Gasteiger partial charge in [-0.3, -0.25) is 0 Å². The van der Waals surface area contributed by atoms with Crippen LogP contribution in [-0.2, 0) is 4.74 Å². The fourth-order valence-corrected chi connectivity index (χ4v) is 1.29. The smallest absolute Gasteiger partial charge is 0.113 e. The van der Waals surface area contributed by atoms with Gasteiger partial charge in [-0.05, 0) is 12.0 Å². The Morgan fingerprint density at radius 3 is 3.50 bits per heavy atom. The van der Waals surface area contributed by atoms with Gasteiger partial charge in [0.05, 0.1) is 12.6 Å². The van der Waals surface area contributed by atoms with Crippen molar-refractivity contribution in [2.75, 3.05) is 13.3 Å². The van der Waals surface area contributed by atoms with Crippen molar-refractivity contribution in [1.29, 1.82) is 0 Å². The Kier molecular flexibility index (Phi) is 1.57. The van der Waals surface area contributed by atoms with Gasteiger partial charge in [-0.15, -0.1) is 0 Å². The van der Waals surface area contributed by atoms with E-state index in [0.29, 0.717) is 12.8 Å². The first-order chi connectivity index (χ1) is 4.97. The molecule has 0 aromatic rings. The number of hydrogen-bond donors (Lipinski definition) is 0. The van der Waals surface area contributed by atoms with Crippen LogP contribution in [0.4, 0.5) is 0 Å². The largest absolute Gasteiger partial charge is 0.360 e. The SMILES string of the molecule is C1=CC2[N]COCC2=CC1. The Morgan fingerprint density at radius 1 is 1.60 bits per heavy atom. The highest BCUT2D eigenvalue weighted by Gasteiger charge is 2.17. The molecule has 0 spiro atoms. The number of nitrogens with zero attached hydrogens (tertiary/aromatic N) is 1. The lowest BCUT2D eigenvalue weighted by Crippen LogP contribution is -2.33. The summed E-state index contributed by atoms with van der Waals surface area (Å²) < 4.78 is 5.17. The van der Waals surface area contributed by atoms with Gasteiger partial charge in [-0.1, -0.05) is 18.2 Å². The maximum Gasteiger partial charge on any atom is 0.113 e. The van der Waals surface area contributed by atoms with E-state index in [0.717, 1.165) is 13.0 Å². The van der Waals surface area contributed by atoms with Gasteiger partial charge in [0.1, 0.15) is 6.73 Å². The first-order valence-electron chi connectivity index (χ1n) is 3.57. The van der Waals surface area contributed by atoms with Crippen LogP contribution >= 0.6 is 0 Å². The zero-order valence-electron chi connectivity index (χ0n) is 5.79. The normalized spacial score (nSPS) is 31.2. The summed E-state index contributed by atoms with van der Waals surface area (Å²) in [5, 5.41) is 4.27. The van der Waals surface area contributed by atoms with Crippen molar-refractivity contribution < 1.29 is 4.74 Å². The number of hydrogen-bond acceptors (Lipinski definition) is 1. The van der Waals surface area contributed by atoms with E-state index in [1.54, 1.807) is 0 Å². The number of rotatable bonds is 0. The van der Waals surface area contributed by atoms with E-state index in [4.69, 9.17) is 4.74 Å². The lowest BCUT2D eigenvalue weighted by molar-refractivity contribution is 0.101. The third-order valence-electron chi connectivity index (χ3n) is 1.85. The summed E-state index contributed by atoms with van der Waals surface area (Å²) in [5.74, 6) is 0.